The van der Waals surface area contributed by atoms with E-state index < -0.39 is 5.41 Å². The fraction of sp³-hybridized carbons (Fsp3) is 0.0465. The maximum atomic E-state index is 5.12. The highest BCUT2D eigenvalue weighted by Crippen LogP contribution is 2.58. The minimum Gasteiger partial charge on any atom is -0.208 e. The second-order valence-electron chi connectivity index (χ2n) is 12.1. The van der Waals surface area contributed by atoms with E-state index in [2.05, 4.69) is 146 Å². The summed E-state index contributed by atoms with van der Waals surface area (Å²) in [6.45, 7) is 2.10. The van der Waals surface area contributed by atoms with Crippen LogP contribution in [0, 0.1) is 6.92 Å². The summed E-state index contributed by atoms with van der Waals surface area (Å²) in [7, 11) is 0. The lowest BCUT2D eigenvalue weighted by Crippen LogP contribution is -2.30. The topological polar surface area (TPSA) is 38.7 Å². The Morgan fingerprint density at radius 2 is 0.913 bits per heavy atom. The summed E-state index contributed by atoms with van der Waals surface area (Å²) in [5.41, 5.74) is 13.6. The van der Waals surface area contributed by atoms with Crippen LogP contribution in [0.1, 0.15) is 38.9 Å². The van der Waals surface area contributed by atoms with Gasteiger partial charge in [-0.05, 0) is 63.6 Å². The van der Waals surface area contributed by atoms with Gasteiger partial charge in [-0.25, -0.2) is 15.0 Å². The number of aromatic nitrogens is 3. The monoisotopic (exact) mass is 587 g/mol. The van der Waals surface area contributed by atoms with Crippen molar-refractivity contribution in [2.24, 2.45) is 0 Å². The Kier molecular flexibility index (Phi) is 5.94. The molecule has 6 aromatic carbocycles. The van der Waals surface area contributed by atoms with E-state index in [-0.39, 0.29) is 0 Å². The number of hydrogen-bond donors (Lipinski definition) is 0. The van der Waals surface area contributed by atoms with Gasteiger partial charge in [-0.15, -0.1) is 0 Å². The van der Waals surface area contributed by atoms with Crippen LogP contribution in [0.2, 0.25) is 0 Å². The Balaban J connectivity index is 1.34. The zero-order chi connectivity index (χ0) is 30.7. The minimum atomic E-state index is -0.507. The van der Waals surface area contributed by atoms with Crippen molar-refractivity contribution in [3.63, 3.8) is 0 Å². The molecule has 216 valence electrons. The fourth-order valence-corrected chi connectivity index (χ4v) is 7.43. The molecule has 0 aliphatic heterocycles. The Morgan fingerprint density at radius 1 is 0.391 bits per heavy atom. The molecule has 1 spiro atoms. The molecule has 0 radical (unpaired) electrons. The standard InChI is InChI=1S/C43H29N3/c1-28-12-11-17-32(26-28)41-44-40(31-15-3-2-4-16-31)45-42(46-41)33-24-25-35-34-18-7-10-21-38(34)43(39(35)27-33)36-19-8-5-13-29(36)22-23-30-14-6-9-20-37(30)43/h2-27H,1H3. The van der Waals surface area contributed by atoms with Crippen molar-refractivity contribution in [3.8, 4) is 45.3 Å². The van der Waals surface area contributed by atoms with Crippen molar-refractivity contribution < 1.29 is 0 Å². The van der Waals surface area contributed by atoms with Crippen LogP contribution in [0.25, 0.3) is 57.4 Å². The largest absolute Gasteiger partial charge is 0.208 e. The average molecular weight is 588 g/mol. The molecule has 2 aliphatic carbocycles. The van der Waals surface area contributed by atoms with E-state index in [9.17, 15) is 0 Å². The molecule has 0 fully saturated rings. The molecule has 0 saturated carbocycles. The molecule has 3 nitrogen and oxygen atoms in total. The lowest BCUT2D eigenvalue weighted by Gasteiger charge is -2.35. The van der Waals surface area contributed by atoms with Crippen molar-refractivity contribution in [1.82, 2.24) is 15.0 Å². The van der Waals surface area contributed by atoms with E-state index in [1.165, 1.54) is 44.5 Å². The molecule has 1 aromatic heterocycles. The minimum absolute atomic E-state index is 0.507. The van der Waals surface area contributed by atoms with Crippen molar-refractivity contribution in [1.29, 1.82) is 0 Å². The van der Waals surface area contributed by atoms with E-state index in [1.54, 1.807) is 0 Å². The van der Waals surface area contributed by atoms with Crippen molar-refractivity contribution >= 4 is 12.2 Å². The van der Waals surface area contributed by atoms with Crippen LogP contribution in [0.5, 0.6) is 0 Å². The van der Waals surface area contributed by atoms with Crippen molar-refractivity contribution in [3.05, 3.63) is 185 Å². The molecule has 0 bridgehead atoms. The molecule has 9 rings (SSSR count). The Hall–Kier alpha value is -5.93. The maximum Gasteiger partial charge on any atom is 0.164 e. The van der Waals surface area contributed by atoms with Crippen molar-refractivity contribution in [2.45, 2.75) is 12.3 Å². The van der Waals surface area contributed by atoms with Crippen LogP contribution in [0.3, 0.4) is 0 Å². The number of rotatable bonds is 3. The van der Waals surface area contributed by atoms with Crippen LogP contribution >= 0.6 is 0 Å². The second kappa shape index (κ2) is 10.3. The normalized spacial score (nSPS) is 13.4. The Morgan fingerprint density at radius 3 is 1.59 bits per heavy atom. The molecular formula is C43H29N3. The average Bonchev–Trinajstić information content (AvgIpc) is 3.32. The second-order valence-corrected chi connectivity index (χ2v) is 12.1. The molecule has 1 heterocycles. The summed E-state index contributed by atoms with van der Waals surface area (Å²) in [5, 5.41) is 0. The van der Waals surface area contributed by atoms with E-state index >= 15 is 0 Å². The van der Waals surface area contributed by atoms with Gasteiger partial charge in [0.25, 0.3) is 0 Å². The van der Waals surface area contributed by atoms with Gasteiger partial charge in [-0.1, -0.05) is 151 Å². The van der Waals surface area contributed by atoms with Gasteiger partial charge in [-0.3, -0.25) is 0 Å². The third kappa shape index (κ3) is 3.95. The van der Waals surface area contributed by atoms with Crippen LogP contribution in [0.4, 0.5) is 0 Å². The molecule has 3 heteroatoms. The summed E-state index contributed by atoms with van der Waals surface area (Å²) in [6, 6.07) is 51.8. The molecule has 46 heavy (non-hydrogen) atoms. The summed E-state index contributed by atoms with van der Waals surface area (Å²) in [6.07, 6.45) is 4.53. The first-order chi connectivity index (χ1) is 22.7. The lowest BCUT2D eigenvalue weighted by atomic mass is 9.66. The third-order valence-corrected chi connectivity index (χ3v) is 9.42. The van der Waals surface area contributed by atoms with Gasteiger partial charge < -0.3 is 0 Å². The zero-order valence-electron chi connectivity index (χ0n) is 25.4. The highest BCUT2D eigenvalue weighted by atomic mass is 15.0. The van der Waals surface area contributed by atoms with Gasteiger partial charge in [-0.2, -0.15) is 0 Å². The van der Waals surface area contributed by atoms with E-state index in [0.29, 0.717) is 17.5 Å². The fourth-order valence-electron chi connectivity index (χ4n) is 7.43. The zero-order valence-corrected chi connectivity index (χ0v) is 25.4. The summed E-state index contributed by atoms with van der Waals surface area (Å²) < 4.78 is 0. The first kappa shape index (κ1) is 26.5. The first-order valence-electron chi connectivity index (χ1n) is 15.7. The van der Waals surface area contributed by atoms with Crippen LogP contribution in [-0.2, 0) is 5.41 Å². The molecule has 0 N–H and O–H groups in total. The van der Waals surface area contributed by atoms with Gasteiger partial charge in [0.15, 0.2) is 17.5 Å². The number of hydrogen-bond acceptors (Lipinski definition) is 3. The summed E-state index contributed by atoms with van der Waals surface area (Å²) >= 11 is 0. The Labute approximate surface area is 268 Å². The highest BCUT2D eigenvalue weighted by Gasteiger charge is 2.48. The lowest BCUT2D eigenvalue weighted by molar-refractivity contribution is 0.766. The first-order valence-corrected chi connectivity index (χ1v) is 15.7. The Bertz CT molecular complexity index is 2280. The molecule has 0 saturated heterocycles. The molecular weight excluding hydrogens is 558 g/mol. The molecule has 0 atom stereocenters. The van der Waals surface area contributed by atoms with Crippen LogP contribution < -0.4 is 0 Å². The number of benzene rings is 6. The smallest absolute Gasteiger partial charge is 0.164 e. The van der Waals surface area contributed by atoms with Crippen LogP contribution in [0.15, 0.2) is 146 Å². The quantitative estimate of drug-likeness (QED) is 0.206. The number of nitrogens with zero attached hydrogens (tertiary/aromatic N) is 3. The van der Waals surface area contributed by atoms with E-state index in [4.69, 9.17) is 15.0 Å². The summed E-state index contributed by atoms with van der Waals surface area (Å²) in [4.78, 5) is 15.2. The van der Waals surface area contributed by atoms with Gasteiger partial charge in [0.05, 0.1) is 5.41 Å². The summed E-state index contributed by atoms with van der Waals surface area (Å²) in [5.74, 6) is 1.99. The van der Waals surface area contributed by atoms with E-state index in [0.717, 1.165) is 22.3 Å². The molecule has 7 aromatic rings. The van der Waals surface area contributed by atoms with Gasteiger partial charge in [0, 0.05) is 16.7 Å². The van der Waals surface area contributed by atoms with Crippen LogP contribution in [-0.4, -0.2) is 15.0 Å². The molecule has 0 unspecified atom stereocenters. The number of aryl methyl sites for hydroxylation is 1. The molecule has 0 amide bonds. The maximum absolute atomic E-state index is 5.12. The molecule has 2 aliphatic rings. The predicted molar refractivity (Wildman–Crippen MR) is 187 cm³/mol. The van der Waals surface area contributed by atoms with Gasteiger partial charge in [0.2, 0.25) is 0 Å². The van der Waals surface area contributed by atoms with E-state index in [1.807, 2.05) is 18.2 Å². The third-order valence-electron chi connectivity index (χ3n) is 9.42. The van der Waals surface area contributed by atoms with Crippen molar-refractivity contribution in [2.75, 3.05) is 0 Å². The van der Waals surface area contributed by atoms with Gasteiger partial charge in [0.1, 0.15) is 0 Å². The SMILES string of the molecule is Cc1cccc(-c2nc(-c3ccccc3)nc(-c3ccc4c(c3)C3(c5ccccc5C=Cc5ccccc53)c3ccccc3-4)n2)c1. The predicted octanol–water partition coefficient (Wildman–Crippen LogP) is 10.0. The van der Waals surface area contributed by atoms with Gasteiger partial charge >= 0.3 is 0 Å². The highest BCUT2D eigenvalue weighted by molar-refractivity contribution is 5.92. The number of fused-ring (bicyclic) bond motifs is 9.